The highest BCUT2D eigenvalue weighted by molar-refractivity contribution is 14.0. The average Bonchev–Trinajstić information content (AvgIpc) is 2.70. The Hall–Kier alpha value is -1.42. The van der Waals surface area contributed by atoms with Gasteiger partial charge in [0, 0.05) is 13.1 Å². The summed E-state index contributed by atoms with van der Waals surface area (Å²) in [4.78, 5) is 7.11. The molecule has 1 aliphatic rings. The Kier molecular flexibility index (Phi) is 11.4. The maximum absolute atomic E-state index is 5.42. The number of nitrogens with one attached hydrogen (secondary N) is 2. The van der Waals surface area contributed by atoms with Crippen LogP contribution >= 0.6 is 24.0 Å². The van der Waals surface area contributed by atoms with Crippen LogP contribution in [0.25, 0.3) is 0 Å². The number of methoxy groups -OCH3 is 3. The minimum Gasteiger partial charge on any atom is -0.493 e. The van der Waals surface area contributed by atoms with Gasteiger partial charge in [-0.05, 0) is 63.5 Å². The van der Waals surface area contributed by atoms with E-state index < -0.39 is 0 Å². The van der Waals surface area contributed by atoms with Crippen LogP contribution in [0.4, 0.5) is 0 Å². The van der Waals surface area contributed by atoms with E-state index in [2.05, 4.69) is 29.5 Å². The summed E-state index contributed by atoms with van der Waals surface area (Å²) in [6.45, 7) is 6.73. The molecule has 160 valence electrons. The standard InChI is InChI=1S/C20H34N4O3.HI/c1-6-21-20(22-13-15-7-9-24(2)10-8-15)23-14-16-11-17(25-3)19(27-5)18(12-16)26-4;/h11-12,15H,6-10,13-14H2,1-5H3,(H2,21,22,23);1H. The lowest BCUT2D eigenvalue weighted by molar-refractivity contribution is 0.220. The van der Waals surface area contributed by atoms with Gasteiger partial charge < -0.3 is 29.7 Å². The third-order valence-corrected chi connectivity index (χ3v) is 4.88. The van der Waals surface area contributed by atoms with Gasteiger partial charge in [0.25, 0.3) is 0 Å². The number of likely N-dealkylation sites (tertiary alicyclic amines) is 1. The molecule has 0 atom stereocenters. The second kappa shape index (κ2) is 12.9. The maximum Gasteiger partial charge on any atom is 0.203 e. The minimum absolute atomic E-state index is 0. The number of ether oxygens (including phenoxy) is 3. The van der Waals surface area contributed by atoms with E-state index in [0.29, 0.717) is 29.7 Å². The van der Waals surface area contributed by atoms with Crippen LogP contribution in [0.15, 0.2) is 17.1 Å². The van der Waals surface area contributed by atoms with Gasteiger partial charge in [0.2, 0.25) is 5.75 Å². The molecule has 0 amide bonds. The van der Waals surface area contributed by atoms with E-state index in [1.807, 2.05) is 12.1 Å². The lowest BCUT2D eigenvalue weighted by atomic mass is 9.97. The van der Waals surface area contributed by atoms with Crippen LogP contribution in [0, 0.1) is 5.92 Å². The number of hydrogen-bond donors (Lipinski definition) is 2. The molecule has 7 nitrogen and oxygen atoms in total. The van der Waals surface area contributed by atoms with E-state index >= 15 is 0 Å². The molecular weight excluding hydrogens is 471 g/mol. The molecule has 0 spiro atoms. The Morgan fingerprint density at radius 2 is 1.68 bits per heavy atom. The van der Waals surface area contributed by atoms with E-state index in [-0.39, 0.29) is 24.0 Å². The van der Waals surface area contributed by atoms with Crippen molar-refractivity contribution in [2.24, 2.45) is 10.9 Å². The van der Waals surface area contributed by atoms with Gasteiger partial charge in [-0.3, -0.25) is 0 Å². The van der Waals surface area contributed by atoms with Crippen LogP contribution in [0.1, 0.15) is 25.3 Å². The summed E-state index contributed by atoms with van der Waals surface area (Å²) in [7, 11) is 7.04. The molecule has 1 heterocycles. The van der Waals surface area contributed by atoms with Gasteiger partial charge in [-0.25, -0.2) is 4.99 Å². The fraction of sp³-hybridized carbons (Fsp3) is 0.650. The van der Waals surface area contributed by atoms with E-state index in [1.165, 1.54) is 25.9 Å². The quantitative estimate of drug-likeness (QED) is 0.321. The first kappa shape index (κ1) is 24.6. The number of nitrogens with zero attached hydrogens (tertiary/aromatic N) is 2. The zero-order chi connectivity index (χ0) is 19.6. The van der Waals surface area contributed by atoms with Gasteiger partial charge in [0.05, 0.1) is 27.9 Å². The minimum atomic E-state index is 0. The molecule has 2 N–H and O–H groups in total. The van der Waals surface area contributed by atoms with Crippen molar-refractivity contribution in [1.82, 2.24) is 15.5 Å². The molecule has 1 aromatic carbocycles. The monoisotopic (exact) mass is 506 g/mol. The molecule has 0 radical (unpaired) electrons. The van der Waals surface area contributed by atoms with Crippen molar-refractivity contribution in [3.05, 3.63) is 17.7 Å². The summed E-state index contributed by atoms with van der Waals surface area (Å²) in [5.41, 5.74) is 1.00. The SMILES string of the molecule is CCNC(=NCc1cc(OC)c(OC)c(OC)c1)NCC1CCN(C)CC1.I. The Balaban J connectivity index is 0.00000392. The first-order valence-corrected chi connectivity index (χ1v) is 9.60. The summed E-state index contributed by atoms with van der Waals surface area (Å²) < 4.78 is 16.2. The Morgan fingerprint density at radius 1 is 1.07 bits per heavy atom. The van der Waals surface area contributed by atoms with Crippen LogP contribution in [0.5, 0.6) is 17.2 Å². The molecule has 2 rings (SSSR count). The summed E-state index contributed by atoms with van der Waals surface area (Å²) >= 11 is 0. The zero-order valence-electron chi connectivity index (χ0n) is 17.7. The van der Waals surface area contributed by atoms with Crippen molar-refractivity contribution in [2.45, 2.75) is 26.3 Å². The van der Waals surface area contributed by atoms with E-state index in [0.717, 1.165) is 24.6 Å². The Labute approximate surface area is 186 Å². The van der Waals surface area contributed by atoms with Crippen molar-refractivity contribution in [3.63, 3.8) is 0 Å². The number of benzene rings is 1. The summed E-state index contributed by atoms with van der Waals surface area (Å²) in [5, 5.41) is 6.81. The molecule has 0 saturated carbocycles. The maximum atomic E-state index is 5.42. The van der Waals surface area contributed by atoms with Gasteiger partial charge in [0.1, 0.15) is 0 Å². The van der Waals surface area contributed by atoms with Crippen molar-refractivity contribution in [2.75, 3.05) is 54.6 Å². The fourth-order valence-corrected chi connectivity index (χ4v) is 3.25. The fourth-order valence-electron chi connectivity index (χ4n) is 3.25. The van der Waals surface area contributed by atoms with Gasteiger partial charge in [0.15, 0.2) is 17.5 Å². The van der Waals surface area contributed by atoms with Gasteiger partial charge in [-0.2, -0.15) is 0 Å². The topological polar surface area (TPSA) is 67.4 Å². The van der Waals surface area contributed by atoms with Gasteiger partial charge >= 0.3 is 0 Å². The molecular formula is C20H35IN4O3. The first-order valence-electron chi connectivity index (χ1n) is 9.60. The Morgan fingerprint density at radius 3 is 2.18 bits per heavy atom. The van der Waals surface area contributed by atoms with E-state index in [9.17, 15) is 0 Å². The summed E-state index contributed by atoms with van der Waals surface area (Å²) in [5.74, 6) is 3.43. The predicted molar refractivity (Wildman–Crippen MR) is 125 cm³/mol. The van der Waals surface area contributed by atoms with E-state index in [1.54, 1.807) is 21.3 Å². The highest BCUT2D eigenvalue weighted by Crippen LogP contribution is 2.38. The number of halogens is 1. The molecule has 28 heavy (non-hydrogen) atoms. The molecule has 1 aliphatic heterocycles. The van der Waals surface area contributed by atoms with Crippen molar-refractivity contribution in [3.8, 4) is 17.2 Å². The second-order valence-electron chi connectivity index (χ2n) is 6.86. The number of guanidine groups is 1. The first-order chi connectivity index (χ1) is 13.1. The molecule has 1 fully saturated rings. The molecule has 1 saturated heterocycles. The van der Waals surface area contributed by atoms with Crippen molar-refractivity contribution >= 4 is 29.9 Å². The summed E-state index contributed by atoms with van der Waals surface area (Å²) in [6, 6.07) is 3.87. The third kappa shape index (κ3) is 7.20. The molecule has 0 unspecified atom stereocenters. The van der Waals surface area contributed by atoms with Crippen molar-refractivity contribution < 1.29 is 14.2 Å². The highest BCUT2D eigenvalue weighted by Gasteiger charge is 2.17. The second-order valence-corrected chi connectivity index (χ2v) is 6.86. The number of rotatable bonds is 8. The normalized spacial score (nSPS) is 15.5. The third-order valence-electron chi connectivity index (χ3n) is 4.88. The number of aliphatic imine (C=N–C) groups is 1. The van der Waals surface area contributed by atoms with Crippen LogP contribution in [-0.2, 0) is 6.54 Å². The molecule has 0 bridgehead atoms. The largest absolute Gasteiger partial charge is 0.493 e. The molecule has 0 aromatic heterocycles. The summed E-state index contributed by atoms with van der Waals surface area (Å²) in [6.07, 6.45) is 2.46. The Bertz CT molecular complexity index is 594. The lowest BCUT2D eigenvalue weighted by Crippen LogP contribution is -2.42. The van der Waals surface area contributed by atoms with Gasteiger partial charge in [-0.15, -0.1) is 24.0 Å². The van der Waals surface area contributed by atoms with Crippen LogP contribution in [0.3, 0.4) is 0 Å². The highest BCUT2D eigenvalue weighted by atomic mass is 127. The van der Waals surface area contributed by atoms with Crippen LogP contribution in [0.2, 0.25) is 0 Å². The van der Waals surface area contributed by atoms with Crippen LogP contribution in [-0.4, -0.2) is 65.4 Å². The lowest BCUT2D eigenvalue weighted by Gasteiger charge is -2.29. The van der Waals surface area contributed by atoms with E-state index in [4.69, 9.17) is 19.2 Å². The molecule has 1 aromatic rings. The number of hydrogen-bond acceptors (Lipinski definition) is 5. The van der Waals surface area contributed by atoms with Crippen LogP contribution < -0.4 is 24.8 Å². The van der Waals surface area contributed by atoms with Gasteiger partial charge in [-0.1, -0.05) is 0 Å². The average molecular weight is 506 g/mol. The number of piperidine rings is 1. The predicted octanol–water partition coefficient (Wildman–Crippen LogP) is 2.73. The van der Waals surface area contributed by atoms with Crippen molar-refractivity contribution in [1.29, 1.82) is 0 Å². The molecule has 8 heteroatoms. The smallest absolute Gasteiger partial charge is 0.203 e. The zero-order valence-corrected chi connectivity index (χ0v) is 20.0. The molecule has 0 aliphatic carbocycles.